The molecule has 0 aliphatic heterocycles. The van der Waals surface area contributed by atoms with Gasteiger partial charge in [-0.25, -0.2) is 0 Å². The molecule has 0 saturated carbocycles. The van der Waals surface area contributed by atoms with Crippen molar-refractivity contribution < 1.29 is 14.4 Å². The van der Waals surface area contributed by atoms with Crippen LogP contribution < -0.4 is 9.47 Å². The number of aryl methyl sites for hydroxylation is 4. The first-order chi connectivity index (χ1) is 18.2. The Hall–Kier alpha value is -3.85. The zero-order valence-electron chi connectivity index (χ0n) is 22.3. The number of nitro groups is 1. The molecular weight excluding hydrogens is 500 g/mol. The predicted octanol–water partition coefficient (Wildman–Crippen LogP) is 6.59. The van der Waals surface area contributed by atoms with Gasteiger partial charge in [-0.1, -0.05) is 53.7 Å². The van der Waals surface area contributed by atoms with E-state index in [-0.39, 0.29) is 11.5 Å². The van der Waals surface area contributed by atoms with Gasteiger partial charge in [0, 0.05) is 10.6 Å². The van der Waals surface area contributed by atoms with E-state index in [2.05, 4.69) is 36.2 Å². The van der Waals surface area contributed by atoms with Gasteiger partial charge >= 0.3 is 0 Å². The Balaban J connectivity index is 1.63. The van der Waals surface area contributed by atoms with Crippen molar-refractivity contribution in [1.29, 1.82) is 0 Å². The van der Waals surface area contributed by atoms with Gasteiger partial charge < -0.3 is 9.47 Å². The summed E-state index contributed by atoms with van der Waals surface area (Å²) in [6, 6.07) is 19.8. The smallest absolute Gasteiger partial charge is 0.220 e. The Labute approximate surface area is 227 Å². The van der Waals surface area contributed by atoms with E-state index in [1.165, 1.54) is 22.9 Å². The summed E-state index contributed by atoms with van der Waals surface area (Å²) in [6.45, 7) is 10.5. The van der Waals surface area contributed by atoms with Crippen LogP contribution in [0.25, 0.3) is 5.69 Å². The van der Waals surface area contributed by atoms with E-state index >= 15 is 0 Å². The SMILES string of the molecule is CCOc1cc([C@H](C[N+](=O)[O-])Sc2nnc(C)n2-c2ccc(C)c(C)c2)ccc1OCc1ccc(C)cc1. The number of thioether (sulfide) groups is 1. The lowest BCUT2D eigenvalue weighted by molar-refractivity contribution is -0.479. The van der Waals surface area contributed by atoms with Gasteiger partial charge in [0.15, 0.2) is 16.7 Å². The normalized spacial score (nSPS) is 11.8. The topological polar surface area (TPSA) is 92.3 Å². The molecule has 0 amide bonds. The lowest BCUT2D eigenvalue weighted by Gasteiger charge is -2.18. The fraction of sp³-hybridized carbons (Fsp3) is 0.310. The quantitative estimate of drug-likeness (QED) is 0.122. The Morgan fingerprint density at radius 2 is 1.68 bits per heavy atom. The molecular formula is C29H32N4O4S. The van der Waals surface area contributed by atoms with Crippen molar-refractivity contribution >= 4 is 11.8 Å². The van der Waals surface area contributed by atoms with Crippen molar-refractivity contribution in [3.8, 4) is 17.2 Å². The molecule has 8 nitrogen and oxygen atoms in total. The number of benzene rings is 3. The molecule has 9 heteroatoms. The van der Waals surface area contributed by atoms with Crippen LogP contribution in [0.3, 0.4) is 0 Å². The van der Waals surface area contributed by atoms with E-state index in [9.17, 15) is 10.1 Å². The third-order valence-electron chi connectivity index (χ3n) is 6.26. The third kappa shape index (κ3) is 6.52. The molecule has 0 aliphatic rings. The van der Waals surface area contributed by atoms with Crippen molar-refractivity contribution in [2.45, 2.75) is 51.6 Å². The number of aromatic nitrogens is 3. The monoisotopic (exact) mass is 532 g/mol. The molecule has 0 N–H and O–H groups in total. The van der Waals surface area contributed by atoms with Gasteiger partial charge in [0.2, 0.25) is 6.54 Å². The lowest BCUT2D eigenvalue weighted by Crippen LogP contribution is -2.12. The lowest BCUT2D eigenvalue weighted by atomic mass is 10.1. The van der Waals surface area contributed by atoms with E-state index in [1.54, 1.807) is 0 Å². The van der Waals surface area contributed by atoms with Crippen LogP contribution in [0.5, 0.6) is 11.5 Å². The molecule has 1 aromatic heterocycles. The minimum absolute atomic E-state index is 0.279. The zero-order valence-corrected chi connectivity index (χ0v) is 23.1. The standard InChI is InChI=1S/C29H32N4O4S/c1-6-36-27-16-24(12-14-26(27)37-18-23-10-7-19(2)8-11-23)28(17-32(34)35)38-29-31-30-22(5)33(29)25-13-9-20(3)21(4)15-25/h7-16,28H,6,17-18H2,1-5H3/t28-/m0/s1. The van der Waals surface area contributed by atoms with E-state index in [1.807, 2.05) is 73.9 Å². The van der Waals surface area contributed by atoms with Crippen molar-refractivity contribution in [1.82, 2.24) is 14.8 Å². The Bertz CT molecular complexity index is 1420. The van der Waals surface area contributed by atoms with Crippen molar-refractivity contribution in [3.63, 3.8) is 0 Å². The molecule has 0 unspecified atom stereocenters. The van der Waals surface area contributed by atoms with Crippen molar-refractivity contribution in [2.24, 2.45) is 0 Å². The summed E-state index contributed by atoms with van der Waals surface area (Å²) in [4.78, 5) is 11.4. The average molecular weight is 533 g/mol. The summed E-state index contributed by atoms with van der Waals surface area (Å²) in [7, 11) is 0. The minimum Gasteiger partial charge on any atom is -0.490 e. The summed E-state index contributed by atoms with van der Waals surface area (Å²) < 4.78 is 13.9. The van der Waals surface area contributed by atoms with Gasteiger partial charge in [-0.2, -0.15) is 0 Å². The molecule has 0 aliphatic carbocycles. The second-order valence-corrected chi connectivity index (χ2v) is 10.3. The zero-order chi connectivity index (χ0) is 27.2. The van der Waals surface area contributed by atoms with Crippen LogP contribution >= 0.6 is 11.8 Å². The van der Waals surface area contributed by atoms with Crippen molar-refractivity contribution in [2.75, 3.05) is 13.2 Å². The largest absolute Gasteiger partial charge is 0.490 e. The van der Waals surface area contributed by atoms with E-state index in [0.717, 1.165) is 22.4 Å². The highest BCUT2D eigenvalue weighted by Crippen LogP contribution is 2.40. The Morgan fingerprint density at radius 1 is 0.921 bits per heavy atom. The Kier molecular flexibility index (Phi) is 8.68. The number of rotatable bonds is 11. The van der Waals surface area contributed by atoms with Gasteiger partial charge in [0.05, 0.1) is 6.61 Å². The first-order valence-corrected chi connectivity index (χ1v) is 13.4. The molecule has 1 heterocycles. The molecule has 4 rings (SSSR count). The Morgan fingerprint density at radius 3 is 2.37 bits per heavy atom. The average Bonchev–Trinajstić information content (AvgIpc) is 3.25. The first kappa shape index (κ1) is 27.2. The highest BCUT2D eigenvalue weighted by molar-refractivity contribution is 7.99. The molecule has 1 atom stereocenters. The fourth-order valence-corrected chi connectivity index (χ4v) is 5.18. The van der Waals surface area contributed by atoms with Gasteiger partial charge in [-0.3, -0.25) is 14.7 Å². The second-order valence-electron chi connectivity index (χ2n) is 9.17. The molecule has 3 aromatic carbocycles. The van der Waals surface area contributed by atoms with Crippen molar-refractivity contribution in [3.05, 3.63) is 104 Å². The van der Waals surface area contributed by atoms with E-state index in [4.69, 9.17) is 9.47 Å². The molecule has 0 fully saturated rings. The van der Waals surface area contributed by atoms with Crippen LogP contribution in [-0.4, -0.2) is 32.8 Å². The van der Waals surface area contributed by atoms with E-state index < -0.39 is 5.25 Å². The van der Waals surface area contributed by atoms with E-state index in [0.29, 0.717) is 35.7 Å². The molecule has 0 spiro atoms. The number of hydrogen-bond acceptors (Lipinski definition) is 7. The third-order valence-corrected chi connectivity index (χ3v) is 7.44. The summed E-state index contributed by atoms with van der Waals surface area (Å²) in [6.07, 6.45) is 0. The maximum atomic E-state index is 11.7. The van der Waals surface area contributed by atoms with Crippen LogP contribution in [0.4, 0.5) is 0 Å². The van der Waals surface area contributed by atoms with Crippen LogP contribution in [-0.2, 0) is 6.61 Å². The van der Waals surface area contributed by atoms with Gasteiger partial charge in [-0.15, -0.1) is 10.2 Å². The highest BCUT2D eigenvalue weighted by atomic mass is 32.2. The molecule has 198 valence electrons. The molecule has 0 radical (unpaired) electrons. The molecule has 0 bridgehead atoms. The maximum absolute atomic E-state index is 11.7. The number of hydrogen-bond donors (Lipinski definition) is 0. The second kappa shape index (κ2) is 12.1. The predicted molar refractivity (Wildman–Crippen MR) is 149 cm³/mol. The van der Waals surface area contributed by atoms with Crippen LogP contribution in [0, 0.1) is 37.8 Å². The van der Waals surface area contributed by atoms with Gasteiger partial charge in [0.25, 0.3) is 0 Å². The van der Waals surface area contributed by atoms with Crippen LogP contribution in [0.1, 0.15) is 45.8 Å². The van der Waals surface area contributed by atoms with Gasteiger partial charge in [0.1, 0.15) is 17.7 Å². The fourth-order valence-electron chi connectivity index (χ4n) is 4.01. The highest BCUT2D eigenvalue weighted by Gasteiger charge is 2.25. The van der Waals surface area contributed by atoms with Gasteiger partial charge in [-0.05, 0) is 81.1 Å². The maximum Gasteiger partial charge on any atom is 0.220 e. The minimum atomic E-state index is -0.510. The molecule has 4 aromatic rings. The number of nitrogens with zero attached hydrogens (tertiary/aromatic N) is 4. The summed E-state index contributed by atoms with van der Waals surface area (Å²) in [5, 5.41) is 20.4. The van der Waals surface area contributed by atoms with Crippen LogP contribution in [0.2, 0.25) is 0 Å². The summed E-state index contributed by atoms with van der Waals surface area (Å²) >= 11 is 1.32. The summed E-state index contributed by atoms with van der Waals surface area (Å²) in [5.74, 6) is 1.86. The molecule has 38 heavy (non-hydrogen) atoms. The summed E-state index contributed by atoms with van der Waals surface area (Å²) in [5.41, 5.74) is 6.25. The first-order valence-electron chi connectivity index (χ1n) is 12.5. The number of ether oxygens (including phenoxy) is 2. The van der Waals surface area contributed by atoms with Crippen LogP contribution in [0.15, 0.2) is 65.8 Å². The molecule has 0 saturated heterocycles.